The molecule has 0 aliphatic heterocycles. The second-order valence-electron chi connectivity index (χ2n) is 5.98. The Kier molecular flexibility index (Phi) is 10.5. The van der Waals surface area contributed by atoms with E-state index < -0.39 is 0 Å². The molecule has 0 unspecified atom stereocenters. The van der Waals surface area contributed by atoms with Crippen molar-refractivity contribution in [2.24, 2.45) is 5.92 Å². The van der Waals surface area contributed by atoms with Crippen LogP contribution in [0, 0.1) is 5.92 Å². The zero-order valence-corrected chi connectivity index (χ0v) is 17.0. The molecule has 0 N–H and O–H groups in total. The van der Waals surface area contributed by atoms with Crippen LogP contribution in [0.3, 0.4) is 0 Å². The van der Waals surface area contributed by atoms with Gasteiger partial charge in [0, 0.05) is 11.5 Å². The van der Waals surface area contributed by atoms with Gasteiger partial charge in [0.05, 0.1) is 0 Å². The SMILES string of the molecule is CC.CCCSCc1ccc2cc(CSCC(C)C)ccc2c1. The lowest BCUT2D eigenvalue weighted by molar-refractivity contribution is 0.750. The van der Waals surface area contributed by atoms with Crippen molar-refractivity contribution >= 4 is 34.3 Å². The van der Waals surface area contributed by atoms with Gasteiger partial charge in [-0.15, -0.1) is 0 Å². The molecule has 2 rings (SSSR count). The molecule has 0 saturated heterocycles. The van der Waals surface area contributed by atoms with Crippen LogP contribution in [0.4, 0.5) is 0 Å². The van der Waals surface area contributed by atoms with E-state index in [1.807, 2.05) is 37.4 Å². The van der Waals surface area contributed by atoms with Crippen LogP contribution < -0.4 is 0 Å². The van der Waals surface area contributed by atoms with Gasteiger partial charge in [-0.3, -0.25) is 0 Å². The van der Waals surface area contributed by atoms with E-state index in [-0.39, 0.29) is 0 Å². The van der Waals surface area contributed by atoms with Gasteiger partial charge in [-0.05, 0) is 45.7 Å². The van der Waals surface area contributed by atoms with E-state index in [4.69, 9.17) is 0 Å². The Morgan fingerprint density at radius 1 is 0.826 bits per heavy atom. The Balaban J connectivity index is 0.00000127. The van der Waals surface area contributed by atoms with E-state index in [1.165, 1.54) is 39.8 Å². The minimum atomic E-state index is 0.777. The van der Waals surface area contributed by atoms with Gasteiger partial charge in [-0.25, -0.2) is 0 Å². The maximum Gasteiger partial charge on any atom is 0.0184 e. The fourth-order valence-corrected chi connectivity index (χ4v) is 4.12. The van der Waals surface area contributed by atoms with E-state index in [1.54, 1.807) is 0 Å². The summed E-state index contributed by atoms with van der Waals surface area (Å²) in [6.45, 7) is 10.8. The van der Waals surface area contributed by atoms with Crippen LogP contribution in [0.1, 0.15) is 52.2 Å². The number of hydrogen-bond acceptors (Lipinski definition) is 2. The Labute approximate surface area is 151 Å². The first kappa shape index (κ1) is 20.4. The predicted molar refractivity (Wildman–Crippen MR) is 113 cm³/mol. The first-order valence-electron chi connectivity index (χ1n) is 8.86. The summed E-state index contributed by atoms with van der Waals surface area (Å²) in [6, 6.07) is 13.9. The third kappa shape index (κ3) is 7.67. The fraction of sp³-hybridized carbons (Fsp3) is 0.524. The Morgan fingerprint density at radius 3 is 1.83 bits per heavy atom. The lowest BCUT2D eigenvalue weighted by Crippen LogP contribution is -1.91. The summed E-state index contributed by atoms with van der Waals surface area (Å²) in [7, 11) is 0. The first-order valence-corrected chi connectivity index (χ1v) is 11.2. The number of hydrogen-bond donors (Lipinski definition) is 0. The van der Waals surface area contributed by atoms with Crippen LogP contribution in [-0.4, -0.2) is 11.5 Å². The number of rotatable bonds is 8. The summed E-state index contributed by atoms with van der Waals surface area (Å²) in [5, 5.41) is 2.75. The smallest absolute Gasteiger partial charge is 0.0184 e. The summed E-state index contributed by atoms with van der Waals surface area (Å²) in [6.07, 6.45) is 1.26. The molecule has 2 heteroatoms. The molecule has 2 aromatic carbocycles. The minimum Gasteiger partial charge on any atom is -0.157 e. The molecule has 128 valence electrons. The number of thioether (sulfide) groups is 2. The molecule has 0 bridgehead atoms. The summed E-state index contributed by atoms with van der Waals surface area (Å²) in [5.41, 5.74) is 2.89. The van der Waals surface area contributed by atoms with Gasteiger partial charge in [-0.2, -0.15) is 23.5 Å². The van der Waals surface area contributed by atoms with E-state index in [9.17, 15) is 0 Å². The Hall–Kier alpha value is -0.600. The highest BCUT2D eigenvalue weighted by atomic mass is 32.2. The van der Waals surface area contributed by atoms with Crippen molar-refractivity contribution in [1.82, 2.24) is 0 Å². The fourth-order valence-electron chi connectivity index (χ4n) is 2.27. The molecule has 23 heavy (non-hydrogen) atoms. The van der Waals surface area contributed by atoms with Crippen molar-refractivity contribution < 1.29 is 0 Å². The Morgan fingerprint density at radius 2 is 1.35 bits per heavy atom. The van der Waals surface area contributed by atoms with Crippen LogP contribution >= 0.6 is 23.5 Å². The first-order chi connectivity index (χ1) is 11.2. The van der Waals surface area contributed by atoms with Crippen molar-refractivity contribution in [1.29, 1.82) is 0 Å². The van der Waals surface area contributed by atoms with Gasteiger partial charge < -0.3 is 0 Å². The van der Waals surface area contributed by atoms with Crippen LogP contribution in [0.5, 0.6) is 0 Å². The molecule has 0 spiro atoms. The summed E-state index contributed by atoms with van der Waals surface area (Å²) in [5.74, 6) is 5.53. The van der Waals surface area contributed by atoms with Crippen LogP contribution in [0.25, 0.3) is 10.8 Å². The van der Waals surface area contributed by atoms with E-state index >= 15 is 0 Å². The summed E-state index contributed by atoms with van der Waals surface area (Å²) >= 11 is 4.06. The van der Waals surface area contributed by atoms with Crippen molar-refractivity contribution in [3.63, 3.8) is 0 Å². The van der Waals surface area contributed by atoms with Crippen LogP contribution in [0.2, 0.25) is 0 Å². The molecule has 0 aromatic heterocycles. The van der Waals surface area contributed by atoms with Gasteiger partial charge in [-0.1, -0.05) is 71.0 Å². The van der Waals surface area contributed by atoms with E-state index in [0.29, 0.717) is 0 Å². The largest absolute Gasteiger partial charge is 0.157 e. The third-order valence-electron chi connectivity index (χ3n) is 3.31. The molecule has 0 atom stereocenters. The quantitative estimate of drug-likeness (QED) is 0.456. The second-order valence-corrected chi connectivity index (χ2v) is 8.11. The van der Waals surface area contributed by atoms with E-state index in [2.05, 4.69) is 57.2 Å². The summed E-state index contributed by atoms with van der Waals surface area (Å²) < 4.78 is 0. The minimum absolute atomic E-state index is 0.777. The Bertz CT molecular complexity index is 561. The van der Waals surface area contributed by atoms with Gasteiger partial charge >= 0.3 is 0 Å². The molecular weight excluding hydrogens is 316 g/mol. The lowest BCUT2D eigenvalue weighted by atomic mass is 10.1. The monoisotopic (exact) mass is 348 g/mol. The molecule has 0 nitrogen and oxygen atoms in total. The molecule has 0 radical (unpaired) electrons. The lowest BCUT2D eigenvalue weighted by Gasteiger charge is -2.07. The van der Waals surface area contributed by atoms with Gasteiger partial charge in [0.1, 0.15) is 0 Å². The zero-order chi connectivity index (χ0) is 17.1. The maximum atomic E-state index is 2.35. The van der Waals surface area contributed by atoms with Gasteiger partial charge in [0.2, 0.25) is 0 Å². The van der Waals surface area contributed by atoms with Crippen molar-refractivity contribution in [3.8, 4) is 0 Å². The standard InChI is InChI=1S/C19H26S2.C2H6/c1-4-9-20-13-16-5-7-19-11-17(6-8-18(19)10-16)14-21-12-15(2)3;1-2/h5-8,10-11,15H,4,9,12-14H2,1-3H3;1-2H3. The molecular formula is C21H32S2. The van der Waals surface area contributed by atoms with Crippen molar-refractivity contribution in [2.45, 2.75) is 52.5 Å². The average Bonchev–Trinajstić information content (AvgIpc) is 2.56. The molecule has 0 aliphatic carbocycles. The molecule has 0 amide bonds. The van der Waals surface area contributed by atoms with Crippen LogP contribution in [-0.2, 0) is 11.5 Å². The highest BCUT2D eigenvalue weighted by Crippen LogP contribution is 2.23. The van der Waals surface area contributed by atoms with Gasteiger partial charge in [0.25, 0.3) is 0 Å². The normalized spacial score (nSPS) is 10.7. The topological polar surface area (TPSA) is 0 Å². The molecule has 2 aromatic rings. The zero-order valence-electron chi connectivity index (χ0n) is 15.4. The second kappa shape index (κ2) is 11.9. The summed E-state index contributed by atoms with van der Waals surface area (Å²) in [4.78, 5) is 0. The number of benzene rings is 2. The maximum absolute atomic E-state index is 2.35. The molecule has 0 fully saturated rings. The van der Waals surface area contributed by atoms with Crippen LogP contribution in [0.15, 0.2) is 36.4 Å². The van der Waals surface area contributed by atoms with Crippen molar-refractivity contribution in [2.75, 3.05) is 11.5 Å². The highest BCUT2D eigenvalue weighted by Gasteiger charge is 2.01. The predicted octanol–water partition coefficient (Wildman–Crippen LogP) is 7.40. The van der Waals surface area contributed by atoms with E-state index in [0.717, 1.165) is 17.4 Å². The molecule has 0 heterocycles. The number of fused-ring (bicyclic) bond motifs is 1. The molecule has 0 saturated carbocycles. The molecule has 0 aliphatic rings. The highest BCUT2D eigenvalue weighted by molar-refractivity contribution is 7.98. The average molecular weight is 349 g/mol. The van der Waals surface area contributed by atoms with Crippen molar-refractivity contribution in [3.05, 3.63) is 47.5 Å². The van der Waals surface area contributed by atoms with Gasteiger partial charge in [0.15, 0.2) is 0 Å². The third-order valence-corrected chi connectivity index (χ3v) is 5.98.